The maximum atomic E-state index is 12.3. The fourth-order valence-corrected chi connectivity index (χ4v) is 4.38. The average Bonchev–Trinajstić information content (AvgIpc) is 2.73. The van der Waals surface area contributed by atoms with E-state index in [2.05, 4.69) is 43.0 Å². The molecule has 1 aliphatic heterocycles. The van der Waals surface area contributed by atoms with Gasteiger partial charge in [-0.1, -0.05) is 36.4 Å². The number of hydrogen-bond donors (Lipinski definition) is 0. The highest BCUT2D eigenvalue weighted by atomic mass is 16.5. The number of rotatable bonds is 2. The molecule has 30 heavy (non-hydrogen) atoms. The zero-order chi connectivity index (χ0) is 20.8. The predicted molar refractivity (Wildman–Crippen MR) is 120 cm³/mol. The van der Waals surface area contributed by atoms with Crippen molar-refractivity contribution in [2.75, 3.05) is 11.6 Å². The summed E-state index contributed by atoms with van der Waals surface area (Å²) in [6.07, 6.45) is 0. The van der Waals surface area contributed by atoms with E-state index in [1.807, 2.05) is 37.3 Å². The molecule has 0 N–H and O–H groups in total. The van der Waals surface area contributed by atoms with Crippen molar-refractivity contribution < 1.29 is 9.15 Å². The zero-order valence-electron chi connectivity index (χ0n) is 17.4. The van der Waals surface area contributed by atoms with Gasteiger partial charge in [0, 0.05) is 34.8 Å². The van der Waals surface area contributed by atoms with Gasteiger partial charge in [0.15, 0.2) is 6.73 Å². The summed E-state index contributed by atoms with van der Waals surface area (Å²) in [7, 11) is 0. The smallest absolute Gasteiger partial charge is 0.336 e. The Bertz CT molecular complexity index is 1300. The molecule has 1 aliphatic rings. The van der Waals surface area contributed by atoms with Gasteiger partial charge in [0.05, 0.1) is 0 Å². The highest BCUT2D eigenvalue weighted by molar-refractivity contribution is 5.96. The first-order chi connectivity index (χ1) is 14.5. The number of fused-ring (bicyclic) bond motifs is 2. The van der Waals surface area contributed by atoms with Crippen LogP contribution < -0.4 is 15.3 Å². The predicted octanol–water partition coefficient (Wildman–Crippen LogP) is 5.74. The van der Waals surface area contributed by atoms with Gasteiger partial charge in [0.2, 0.25) is 0 Å². The lowest BCUT2D eigenvalue weighted by molar-refractivity contribution is 0.287. The van der Waals surface area contributed by atoms with Gasteiger partial charge < -0.3 is 14.1 Å². The van der Waals surface area contributed by atoms with Crippen molar-refractivity contribution in [2.24, 2.45) is 0 Å². The van der Waals surface area contributed by atoms with Gasteiger partial charge >= 0.3 is 5.63 Å². The van der Waals surface area contributed by atoms with Gasteiger partial charge in [-0.25, -0.2) is 4.79 Å². The maximum Gasteiger partial charge on any atom is 0.336 e. The van der Waals surface area contributed by atoms with Crippen molar-refractivity contribution in [3.05, 3.63) is 93.3 Å². The first kappa shape index (κ1) is 18.5. The first-order valence-corrected chi connectivity index (χ1v) is 10.1. The Labute approximate surface area is 175 Å². The second-order valence-corrected chi connectivity index (χ2v) is 8.03. The molecule has 0 amide bonds. The van der Waals surface area contributed by atoms with Crippen LogP contribution in [0.1, 0.15) is 22.3 Å². The van der Waals surface area contributed by atoms with Gasteiger partial charge in [-0.15, -0.1) is 0 Å². The maximum absolute atomic E-state index is 12.3. The molecule has 0 unspecified atom stereocenters. The number of nitrogens with zero attached hydrogens (tertiary/aromatic N) is 1. The fraction of sp³-hybridized carbons (Fsp3) is 0.192. The summed E-state index contributed by atoms with van der Waals surface area (Å²) in [4.78, 5) is 14.5. The average molecular weight is 397 g/mol. The molecular weight excluding hydrogens is 374 g/mol. The van der Waals surface area contributed by atoms with Crippen LogP contribution in [-0.4, -0.2) is 6.73 Å². The summed E-state index contributed by atoms with van der Waals surface area (Å²) in [5.74, 6) is 0.816. The van der Waals surface area contributed by atoms with Gasteiger partial charge in [-0.3, -0.25) is 0 Å². The minimum atomic E-state index is -0.350. The Kier molecular flexibility index (Phi) is 4.35. The monoisotopic (exact) mass is 397 g/mol. The van der Waals surface area contributed by atoms with Crippen molar-refractivity contribution in [2.45, 2.75) is 27.3 Å². The Hall–Kier alpha value is -3.53. The molecule has 0 radical (unpaired) electrons. The summed E-state index contributed by atoms with van der Waals surface area (Å²) in [6.45, 7) is 7.39. The minimum Gasteiger partial charge on any atom is -0.472 e. The van der Waals surface area contributed by atoms with Crippen LogP contribution >= 0.6 is 0 Å². The summed E-state index contributed by atoms with van der Waals surface area (Å²) >= 11 is 0. The van der Waals surface area contributed by atoms with Gasteiger partial charge in [-0.05, 0) is 61.2 Å². The van der Waals surface area contributed by atoms with Crippen molar-refractivity contribution in [3.63, 3.8) is 0 Å². The van der Waals surface area contributed by atoms with Crippen molar-refractivity contribution in [1.29, 1.82) is 0 Å². The summed E-state index contributed by atoms with van der Waals surface area (Å²) < 4.78 is 11.8. The van der Waals surface area contributed by atoms with Gasteiger partial charge in [0.1, 0.15) is 11.3 Å². The third kappa shape index (κ3) is 3.14. The van der Waals surface area contributed by atoms with Gasteiger partial charge in [0.25, 0.3) is 0 Å². The molecule has 0 aliphatic carbocycles. The molecule has 0 bridgehead atoms. The SMILES string of the molecule is Cc1cc(C)cc(N2COc3c(cc4c(-c5ccccc5)cc(=O)oc4c3C)C2)c1. The summed E-state index contributed by atoms with van der Waals surface area (Å²) in [5.41, 5.74) is 7.72. The lowest BCUT2D eigenvalue weighted by atomic mass is 9.97. The molecule has 0 fully saturated rings. The van der Waals surface area contributed by atoms with Crippen LogP contribution in [0.5, 0.6) is 5.75 Å². The van der Waals surface area contributed by atoms with Crippen LogP contribution in [0.3, 0.4) is 0 Å². The molecule has 4 aromatic rings. The Morgan fingerprint density at radius 2 is 1.63 bits per heavy atom. The molecule has 3 aromatic carbocycles. The van der Waals surface area contributed by atoms with Crippen molar-refractivity contribution in [3.8, 4) is 16.9 Å². The third-order valence-corrected chi connectivity index (χ3v) is 5.67. The summed E-state index contributed by atoms with van der Waals surface area (Å²) in [6, 6.07) is 20.2. The molecular formula is C26H23NO3. The molecule has 0 saturated heterocycles. The number of benzene rings is 3. The van der Waals surface area contributed by atoms with Crippen LogP contribution in [0.4, 0.5) is 5.69 Å². The van der Waals surface area contributed by atoms with E-state index in [0.717, 1.165) is 45.6 Å². The van der Waals surface area contributed by atoms with E-state index < -0.39 is 0 Å². The van der Waals surface area contributed by atoms with E-state index in [0.29, 0.717) is 12.3 Å². The molecule has 2 heterocycles. The Balaban J connectivity index is 1.67. The minimum absolute atomic E-state index is 0.350. The number of anilines is 1. The van der Waals surface area contributed by atoms with E-state index in [9.17, 15) is 4.79 Å². The standard InChI is InChI=1S/C26H23NO3/c1-16-9-17(2)11-21(10-16)27-14-20-12-23-22(19-7-5-4-6-8-19)13-24(28)30-26(23)18(3)25(20)29-15-27/h4-13H,14-15H2,1-3H3. The van der Waals surface area contributed by atoms with Crippen molar-refractivity contribution >= 4 is 16.7 Å². The van der Waals surface area contributed by atoms with Crippen LogP contribution in [0.2, 0.25) is 0 Å². The zero-order valence-corrected chi connectivity index (χ0v) is 17.4. The normalized spacial score (nSPS) is 13.2. The second-order valence-electron chi connectivity index (χ2n) is 8.03. The molecule has 4 heteroatoms. The first-order valence-electron chi connectivity index (χ1n) is 10.1. The van der Waals surface area contributed by atoms with Gasteiger partial charge in [-0.2, -0.15) is 0 Å². The van der Waals surface area contributed by atoms with E-state index in [1.54, 1.807) is 6.07 Å². The summed E-state index contributed by atoms with van der Waals surface area (Å²) in [5, 5.41) is 0.933. The van der Waals surface area contributed by atoms with E-state index in [-0.39, 0.29) is 5.63 Å². The highest BCUT2D eigenvalue weighted by Gasteiger charge is 2.24. The molecule has 0 atom stereocenters. The number of hydrogen-bond acceptors (Lipinski definition) is 4. The van der Waals surface area contributed by atoms with E-state index in [4.69, 9.17) is 9.15 Å². The van der Waals surface area contributed by atoms with Crippen LogP contribution in [-0.2, 0) is 6.54 Å². The quantitative estimate of drug-likeness (QED) is 0.405. The van der Waals surface area contributed by atoms with Crippen LogP contribution in [0.15, 0.2) is 69.9 Å². The third-order valence-electron chi connectivity index (χ3n) is 5.67. The van der Waals surface area contributed by atoms with E-state index >= 15 is 0 Å². The topological polar surface area (TPSA) is 42.7 Å². The number of ether oxygens (including phenoxy) is 1. The second kappa shape index (κ2) is 7.06. The molecule has 0 saturated carbocycles. The molecule has 0 spiro atoms. The largest absolute Gasteiger partial charge is 0.472 e. The van der Waals surface area contributed by atoms with E-state index in [1.165, 1.54) is 11.1 Å². The Morgan fingerprint density at radius 3 is 2.37 bits per heavy atom. The van der Waals surface area contributed by atoms with Crippen LogP contribution in [0.25, 0.3) is 22.1 Å². The lowest BCUT2D eigenvalue weighted by Gasteiger charge is -2.32. The molecule has 1 aromatic heterocycles. The molecule has 150 valence electrons. The van der Waals surface area contributed by atoms with Crippen molar-refractivity contribution in [1.82, 2.24) is 0 Å². The molecule has 4 nitrogen and oxygen atoms in total. The number of aryl methyl sites for hydroxylation is 3. The fourth-order valence-electron chi connectivity index (χ4n) is 4.38. The highest BCUT2D eigenvalue weighted by Crippen LogP contribution is 2.39. The Morgan fingerprint density at radius 1 is 0.900 bits per heavy atom. The lowest BCUT2D eigenvalue weighted by Crippen LogP contribution is -2.32. The molecule has 5 rings (SSSR count). The van der Waals surface area contributed by atoms with Crippen LogP contribution in [0, 0.1) is 20.8 Å².